The van der Waals surface area contributed by atoms with Gasteiger partial charge in [0.15, 0.2) is 0 Å². The van der Waals surface area contributed by atoms with Crippen molar-refractivity contribution >= 4 is 38.9 Å². The summed E-state index contributed by atoms with van der Waals surface area (Å²) in [6, 6.07) is 10.1. The summed E-state index contributed by atoms with van der Waals surface area (Å²) >= 11 is 11.0. The lowest BCUT2D eigenvalue weighted by atomic mass is 10.2. The van der Waals surface area contributed by atoms with Crippen molar-refractivity contribution < 1.29 is 4.74 Å². The summed E-state index contributed by atoms with van der Waals surface area (Å²) in [6.45, 7) is 1.57. The molecule has 0 fully saturated rings. The van der Waals surface area contributed by atoms with Crippen molar-refractivity contribution in [1.29, 1.82) is 0 Å². The molecule has 18 heavy (non-hydrogen) atoms. The molecule has 0 bridgehead atoms. The second-order valence-electron chi connectivity index (χ2n) is 3.75. The van der Waals surface area contributed by atoms with Gasteiger partial charge in [-0.1, -0.05) is 29.8 Å². The molecule has 0 saturated carbocycles. The molecule has 1 heterocycles. The predicted octanol–water partition coefficient (Wildman–Crippen LogP) is 4.46. The fourth-order valence-electron chi connectivity index (χ4n) is 1.65. The van der Waals surface area contributed by atoms with Crippen LogP contribution in [-0.2, 0) is 13.1 Å². The molecular weight excluding hydrogens is 334 g/mol. The van der Waals surface area contributed by atoms with Gasteiger partial charge in [-0.3, -0.25) is 0 Å². The van der Waals surface area contributed by atoms with E-state index in [1.54, 1.807) is 18.4 Å². The number of ether oxygens (including phenoxy) is 1. The molecule has 96 valence electrons. The highest BCUT2D eigenvalue weighted by Gasteiger charge is 2.05. The summed E-state index contributed by atoms with van der Waals surface area (Å²) < 4.78 is 7.06. The molecular formula is C13H13BrClNOS. The molecule has 0 aliphatic heterocycles. The fraction of sp³-hybridized carbons (Fsp3) is 0.231. The average Bonchev–Trinajstić information content (AvgIpc) is 2.69. The lowest BCUT2D eigenvalue weighted by Crippen LogP contribution is -2.12. The summed E-state index contributed by atoms with van der Waals surface area (Å²) in [5.74, 6) is 0.912. The zero-order valence-electron chi connectivity index (χ0n) is 9.87. The Balaban J connectivity index is 1.92. The van der Waals surface area contributed by atoms with Crippen LogP contribution in [0.25, 0.3) is 0 Å². The number of methoxy groups -OCH3 is 1. The van der Waals surface area contributed by atoms with Gasteiger partial charge in [0.1, 0.15) is 10.1 Å². The standard InChI is InChI=1S/C13H13BrClNOS/c1-17-12-5-3-2-4-9(12)7-16-8-10-6-11(14)13(15)18-10/h2-6,16H,7-8H2,1H3. The van der Waals surface area contributed by atoms with Crippen LogP contribution >= 0.6 is 38.9 Å². The smallest absolute Gasteiger partial charge is 0.123 e. The quantitative estimate of drug-likeness (QED) is 0.863. The van der Waals surface area contributed by atoms with Crippen molar-refractivity contribution in [3.05, 3.63) is 49.6 Å². The molecule has 0 unspecified atom stereocenters. The number of hydrogen-bond acceptors (Lipinski definition) is 3. The van der Waals surface area contributed by atoms with E-state index in [1.165, 1.54) is 4.88 Å². The molecule has 5 heteroatoms. The molecule has 0 radical (unpaired) electrons. The summed E-state index contributed by atoms with van der Waals surface area (Å²) in [5, 5.41) is 3.38. The third kappa shape index (κ3) is 3.48. The van der Waals surface area contributed by atoms with Gasteiger partial charge >= 0.3 is 0 Å². The molecule has 1 aromatic heterocycles. The van der Waals surface area contributed by atoms with Crippen molar-refractivity contribution in [2.45, 2.75) is 13.1 Å². The SMILES string of the molecule is COc1ccccc1CNCc1cc(Br)c(Cl)s1. The van der Waals surface area contributed by atoms with Crippen molar-refractivity contribution in [3.8, 4) is 5.75 Å². The molecule has 2 rings (SSSR count). The minimum Gasteiger partial charge on any atom is -0.496 e. The summed E-state index contributed by atoms with van der Waals surface area (Å²) in [7, 11) is 1.69. The number of para-hydroxylation sites is 1. The van der Waals surface area contributed by atoms with Crippen LogP contribution in [-0.4, -0.2) is 7.11 Å². The van der Waals surface area contributed by atoms with E-state index < -0.39 is 0 Å². The topological polar surface area (TPSA) is 21.3 Å². The molecule has 0 atom stereocenters. The largest absolute Gasteiger partial charge is 0.496 e. The zero-order valence-corrected chi connectivity index (χ0v) is 13.0. The lowest BCUT2D eigenvalue weighted by Gasteiger charge is -2.08. The third-order valence-electron chi connectivity index (χ3n) is 2.50. The maximum atomic E-state index is 6.00. The van der Waals surface area contributed by atoms with Gasteiger partial charge in [0.25, 0.3) is 0 Å². The highest BCUT2D eigenvalue weighted by molar-refractivity contribution is 9.10. The Morgan fingerprint density at radius 1 is 1.33 bits per heavy atom. The average molecular weight is 347 g/mol. The van der Waals surface area contributed by atoms with E-state index in [-0.39, 0.29) is 0 Å². The van der Waals surface area contributed by atoms with E-state index in [4.69, 9.17) is 16.3 Å². The van der Waals surface area contributed by atoms with Crippen LogP contribution in [0, 0.1) is 0 Å². The maximum absolute atomic E-state index is 6.00. The lowest BCUT2D eigenvalue weighted by molar-refractivity contribution is 0.407. The second kappa shape index (κ2) is 6.57. The van der Waals surface area contributed by atoms with E-state index in [0.29, 0.717) is 0 Å². The van der Waals surface area contributed by atoms with Gasteiger partial charge < -0.3 is 10.1 Å². The Labute approximate surface area is 124 Å². The molecule has 1 aromatic carbocycles. The first-order chi connectivity index (χ1) is 8.70. The molecule has 2 nitrogen and oxygen atoms in total. The number of rotatable bonds is 5. The van der Waals surface area contributed by atoms with Gasteiger partial charge in [-0.2, -0.15) is 0 Å². The first kappa shape index (κ1) is 13.9. The van der Waals surface area contributed by atoms with E-state index in [2.05, 4.69) is 27.3 Å². The van der Waals surface area contributed by atoms with E-state index in [0.717, 1.165) is 33.2 Å². The van der Waals surface area contributed by atoms with Gasteiger partial charge in [-0.15, -0.1) is 11.3 Å². The predicted molar refractivity (Wildman–Crippen MR) is 80.6 cm³/mol. The minimum absolute atomic E-state index is 0.775. The Hall–Kier alpha value is -0.550. The Bertz CT molecular complexity index is 510. The number of hydrogen-bond donors (Lipinski definition) is 1. The van der Waals surface area contributed by atoms with Crippen molar-refractivity contribution in [1.82, 2.24) is 5.32 Å². The molecule has 2 aromatic rings. The van der Waals surface area contributed by atoms with Crippen LogP contribution in [0.3, 0.4) is 0 Å². The highest BCUT2D eigenvalue weighted by atomic mass is 79.9. The van der Waals surface area contributed by atoms with Gasteiger partial charge in [-0.25, -0.2) is 0 Å². The Morgan fingerprint density at radius 2 is 2.11 bits per heavy atom. The van der Waals surface area contributed by atoms with Gasteiger partial charge in [-0.05, 0) is 28.1 Å². The molecule has 0 aliphatic carbocycles. The Morgan fingerprint density at radius 3 is 2.78 bits per heavy atom. The molecule has 1 N–H and O–H groups in total. The van der Waals surface area contributed by atoms with Gasteiger partial charge in [0.2, 0.25) is 0 Å². The number of halogens is 2. The number of benzene rings is 1. The van der Waals surface area contributed by atoms with Crippen LogP contribution in [0.2, 0.25) is 4.34 Å². The first-order valence-electron chi connectivity index (χ1n) is 5.47. The molecule has 0 saturated heterocycles. The van der Waals surface area contributed by atoms with Crippen LogP contribution in [0.5, 0.6) is 5.75 Å². The summed E-state index contributed by atoms with van der Waals surface area (Å²) in [6.07, 6.45) is 0. The van der Waals surface area contributed by atoms with E-state index >= 15 is 0 Å². The summed E-state index contributed by atoms with van der Waals surface area (Å²) in [5.41, 5.74) is 1.15. The molecule has 0 amide bonds. The molecule has 0 spiro atoms. The maximum Gasteiger partial charge on any atom is 0.123 e. The highest BCUT2D eigenvalue weighted by Crippen LogP contribution is 2.31. The first-order valence-corrected chi connectivity index (χ1v) is 7.45. The van der Waals surface area contributed by atoms with Crippen molar-refractivity contribution in [3.63, 3.8) is 0 Å². The van der Waals surface area contributed by atoms with Crippen LogP contribution in [0.1, 0.15) is 10.4 Å². The minimum atomic E-state index is 0.775. The third-order valence-corrected chi connectivity index (χ3v) is 4.98. The Kier molecular flexibility index (Phi) is 5.06. The van der Waals surface area contributed by atoms with Crippen LogP contribution < -0.4 is 10.1 Å². The molecule has 0 aliphatic rings. The van der Waals surface area contributed by atoms with Gasteiger partial charge in [0.05, 0.1) is 7.11 Å². The van der Waals surface area contributed by atoms with Crippen molar-refractivity contribution in [2.24, 2.45) is 0 Å². The summed E-state index contributed by atoms with van der Waals surface area (Å²) in [4.78, 5) is 1.21. The fourth-order valence-corrected chi connectivity index (χ4v) is 3.41. The number of nitrogens with one attached hydrogen (secondary N) is 1. The number of thiophene rings is 1. The van der Waals surface area contributed by atoms with Crippen molar-refractivity contribution in [2.75, 3.05) is 7.11 Å². The van der Waals surface area contributed by atoms with E-state index in [9.17, 15) is 0 Å². The van der Waals surface area contributed by atoms with Crippen LogP contribution in [0.4, 0.5) is 0 Å². The normalized spacial score (nSPS) is 10.6. The van der Waals surface area contributed by atoms with E-state index in [1.807, 2.05) is 24.3 Å². The monoisotopic (exact) mass is 345 g/mol. The zero-order chi connectivity index (χ0) is 13.0. The van der Waals surface area contributed by atoms with Gasteiger partial charge in [0, 0.05) is 28.0 Å². The second-order valence-corrected chi connectivity index (χ2v) is 6.34. The van der Waals surface area contributed by atoms with Crippen LogP contribution in [0.15, 0.2) is 34.8 Å².